The van der Waals surface area contributed by atoms with E-state index in [2.05, 4.69) is 44.6 Å². The quantitative estimate of drug-likeness (QED) is 0.481. The number of nitrogens with zero attached hydrogens (tertiary/aromatic N) is 3. The van der Waals surface area contributed by atoms with Crippen LogP contribution in [-0.4, -0.2) is 37.6 Å². The van der Waals surface area contributed by atoms with E-state index in [1.165, 1.54) is 37.7 Å². The summed E-state index contributed by atoms with van der Waals surface area (Å²) in [7, 11) is 1.82. The minimum atomic E-state index is 0.773. The molecule has 1 aliphatic rings. The van der Waals surface area contributed by atoms with Gasteiger partial charge in [0.2, 0.25) is 0 Å². The van der Waals surface area contributed by atoms with Crippen LogP contribution >= 0.6 is 0 Å². The van der Waals surface area contributed by atoms with Crippen LogP contribution in [0.4, 0.5) is 5.82 Å². The molecule has 1 aromatic heterocycles. The van der Waals surface area contributed by atoms with Crippen LogP contribution in [0, 0.1) is 0 Å². The molecule has 0 aliphatic carbocycles. The Kier molecular flexibility index (Phi) is 7.70. The van der Waals surface area contributed by atoms with Crippen LogP contribution in [-0.2, 0) is 6.54 Å². The molecule has 1 saturated heterocycles. The number of guanidine groups is 1. The Morgan fingerprint density at radius 3 is 2.70 bits per heavy atom. The molecule has 0 atom stereocenters. The van der Waals surface area contributed by atoms with E-state index in [1.807, 2.05) is 13.2 Å². The van der Waals surface area contributed by atoms with Crippen LogP contribution < -0.4 is 15.5 Å². The largest absolute Gasteiger partial charge is 0.357 e. The van der Waals surface area contributed by atoms with Crippen molar-refractivity contribution >= 4 is 11.8 Å². The summed E-state index contributed by atoms with van der Waals surface area (Å²) in [5, 5.41) is 6.72. The number of pyridine rings is 1. The topological polar surface area (TPSA) is 52.6 Å². The highest BCUT2D eigenvalue weighted by molar-refractivity contribution is 5.79. The number of nitrogens with one attached hydrogen (secondary N) is 2. The first-order chi connectivity index (χ1) is 11.3. The van der Waals surface area contributed by atoms with Crippen molar-refractivity contribution < 1.29 is 0 Å². The van der Waals surface area contributed by atoms with Gasteiger partial charge in [0.1, 0.15) is 5.82 Å². The lowest BCUT2D eigenvalue weighted by molar-refractivity contribution is 0.726. The van der Waals surface area contributed by atoms with Gasteiger partial charge in [0.05, 0.1) is 0 Å². The fraction of sp³-hybridized carbons (Fsp3) is 0.667. The lowest BCUT2D eigenvalue weighted by Gasteiger charge is -2.22. The summed E-state index contributed by atoms with van der Waals surface area (Å²) in [6, 6.07) is 4.28. The normalized spacial score (nSPS) is 16.1. The van der Waals surface area contributed by atoms with Crippen LogP contribution in [0.15, 0.2) is 23.3 Å². The van der Waals surface area contributed by atoms with Gasteiger partial charge >= 0.3 is 0 Å². The minimum absolute atomic E-state index is 0.773. The summed E-state index contributed by atoms with van der Waals surface area (Å²) in [6.45, 7) is 6.19. The molecule has 0 amide bonds. The molecular formula is C18H31N5. The third-order valence-electron chi connectivity index (χ3n) is 4.25. The number of unbranched alkanes of at least 4 members (excludes halogenated alkanes) is 1. The molecule has 5 heteroatoms. The average molecular weight is 317 g/mol. The lowest BCUT2D eigenvalue weighted by atomic mass is 10.2. The van der Waals surface area contributed by atoms with Gasteiger partial charge in [-0.3, -0.25) is 4.99 Å². The SMILES string of the molecule is CCCCNC(=NC)NCc1ccnc(N2CCCCCC2)c1. The summed E-state index contributed by atoms with van der Waals surface area (Å²) in [6.07, 6.45) is 9.51. The second-order valence-corrected chi connectivity index (χ2v) is 6.13. The van der Waals surface area contributed by atoms with E-state index in [4.69, 9.17) is 0 Å². The molecule has 2 N–H and O–H groups in total. The van der Waals surface area contributed by atoms with Gasteiger partial charge in [-0.15, -0.1) is 0 Å². The Morgan fingerprint density at radius 1 is 1.22 bits per heavy atom. The van der Waals surface area contributed by atoms with Crippen molar-refractivity contribution in [3.63, 3.8) is 0 Å². The molecule has 23 heavy (non-hydrogen) atoms. The number of aromatic nitrogens is 1. The molecule has 0 bridgehead atoms. The monoisotopic (exact) mass is 317 g/mol. The molecule has 1 fully saturated rings. The minimum Gasteiger partial charge on any atom is -0.357 e. The van der Waals surface area contributed by atoms with E-state index in [0.29, 0.717) is 0 Å². The Hall–Kier alpha value is -1.78. The van der Waals surface area contributed by atoms with Crippen LogP contribution in [0.1, 0.15) is 51.0 Å². The third-order valence-corrected chi connectivity index (χ3v) is 4.25. The third kappa shape index (κ3) is 6.08. The highest BCUT2D eigenvalue weighted by Gasteiger charge is 2.11. The standard InChI is InChI=1S/C18H31N5/c1-3-4-10-21-18(19-2)22-15-16-9-11-20-17(14-16)23-12-7-5-6-8-13-23/h9,11,14H,3-8,10,12-13,15H2,1-2H3,(H2,19,21,22). The van der Waals surface area contributed by atoms with Crippen molar-refractivity contribution in [3.8, 4) is 0 Å². The predicted octanol–water partition coefficient (Wildman–Crippen LogP) is 2.93. The molecule has 0 unspecified atom stereocenters. The molecule has 0 saturated carbocycles. The molecule has 2 rings (SSSR count). The molecule has 0 radical (unpaired) electrons. The maximum atomic E-state index is 4.56. The van der Waals surface area contributed by atoms with Gasteiger partial charge < -0.3 is 15.5 Å². The highest BCUT2D eigenvalue weighted by atomic mass is 15.2. The molecule has 0 aromatic carbocycles. The number of hydrogen-bond donors (Lipinski definition) is 2. The number of rotatable bonds is 6. The van der Waals surface area contributed by atoms with Gasteiger partial charge in [-0.05, 0) is 37.0 Å². The lowest BCUT2D eigenvalue weighted by Crippen LogP contribution is -2.37. The number of aliphatic imine (C=N–C) groups is 1. The molecule has 1 aromatic rings. The predicted molar refractivity (Wildman–Crippen MR) is 98.0 cm³/mol. The molecule has 2 heterocycles. The van der Waals surface area contributed by atoms with E-state index in [1.54, 1.807) is 0 Å². The van der Waals surface area contributed by atoms with E-state index in [9.17, 15) is 0 Å². The Balaban J connectivity index is 1.88. The van der Waals surface area contributed by atoms with Crippen molar-refractivity contribution in [2.75, 3.05) is 31.6 Å². The summed E-state index contributed by atoms with van der Waals surface area (Å²) in [4.78, 5) is 11.3. The Morgan fingerprint density at radius 2 is 2.00 bits per heavy atom. The second kappa shape index (κ2) is 10.1. The molecule has 5 nitrogen and oxygen atoms in total. The fourth-order valence-corrected chi connectivity index (χ4v) is 2.83. The van der Waals surface area contributed by atoms with E-state index in [0.717, 1.165) is 44.4 Å². The van der Waals surface area contributed by atoms with Crippen molar-refractivity contribution in [1.82, 2.24) is 15.6 Å². The molecular weight excluding hydrogens is 286 g/mol. The van der Waals surface area contributed by atoms with Crippen LogP contribution in [0.5, 0.6) is 0 Å². The summed E-state index contributed by atoms with van der Waals surface area (Å²) < 4.78 is 0. The van der Waals surface area contributed by atoms with Crippen molar-refractivity contribution in [2.45, 2.75) is 52.0 Å². The van der Waals surface area contributed by atoms with Gasteiger partial charge in [-0.2, -0.15) is 0 Å². The molecule has 128 valence electrons. The number of hydrogen-bond acceptors (Lipinski definition) is 3. The van der Waals surface area contributed by atoms with E-state index in [-0.39, 0.29) is 0 Å². The molecule has 0 spiro atoms. The zero-order valence-electron chi connectivity index (χ0n) is 14.6. The molecule has 1 aliphatic heterocycles. The first-order valence-electron chi connectivity index (χ1n) is 8.98. The van der Waals surface area contributed by atoms with Crippen LogP contribution in [0.25, 0.3) is 0 Å². The summed E-state index contributed by atoms with van der Waals surface area (Å²) in [5.41, 5.74) is 1.25. The summed E-state index contributed by atoms with van der Waals surface area (Å²) >= 11 is 0. The van der Waals surface area contributed by atoms with Crippen molar-refractivity contribution in [1.29, 1.82) is 0 Å². The van der Waals surface area contributed by atoms with Crippen molar-refractivity contribution in [2.24, 2.45) is 4.99 Å². The fourth-order valence-electron chi connectivity index (χ4n) is 2.83. The van der Waals surface area contributed by atoms with Gasteiger partial charge in [0.25, 0.3) is 0 Å². The maximum absolute atomic E-state index is 4.56. The van der Waals surface area contributed by atoms with Gasteiger partial charge in [0.15, 0.2) is 5.96 Å². The van der Waals surface area contributed by atoms with Gasteiger partial charge in [0, 0.05) is 39.4 Å². The highest BCUT2D eigenvalue weighted by Crippen LogP contribution is 2.18. The zero-order valence-corrected chi connectivity index (χ0v) is 14.6. The average Bonchev–Trinajstić information content (AvgIpc) is 2.87. The van der Waals surface area contributed by atoms with Crippen LogP contribution in [0.2, 0.25) is 0 Å². The van der Waals surface area contributed by atoms with Gasteiger partial charge in [-0.25, -0.2) is 4.98 Å². The Bertz CT molecular complexity index is 478. The first-order valence-corrected chi connectivity index (χ1v) is 8.98. The zero-order chi connectivity index (χ0) is 16.3. The summed E-state index contributed by atoms with van der Waals surface area (Å²) in [5.74, 6) is 1.98. The second-order valence-electron chi connectivity index (χ2n) is 6.13. The Labute approximate surface area is 140 Å². The van der Waals surface area contributed by atoms with Gasteiger partial charge in [-0.1, -0.05) is 26.2 Å². The smallest absolute Gasteiger partial charge is 0.191 e. The first kappa shape index (κ1) is 17.6. The van der Waals surface area contributed by atoms with E-state index >= 15 is 0 Å². The van der Waals surface area contributed by atoms with Crippen LogP contribution in [0.3, 0.4) is 0 Å². The number of anilines is 1. The van der Waals surface area contributed by atoms with E-state index < -0.39 is 0 Å². The van der Waals surface area contributed by atoms with Crippen molar-refractivity contribution in [3.05, 3.63) is 23.9 Å². The maximum Gasteiger partial charge on any atom is 0.191 e.